The third kappa shape index (κ3) is 31.7. The van der Waals surface area contributed by atoms with Crippen LogP contribution >= 0.6 is 15.6 Å². The van der Waals surface area contributed by atoms with Crippen LogP contribution in [0.4, 0.5) is 50.4 Å². The van der Waals surface area contributed by atoms with Crippen LogP contribution in [0.2, 0.25) is 0 Å². The first-order chi connectivity index (χ1) is 35.5. The maximum atomic E-state index is 9.87. The molecule has 7 rings (SSSR count). The van der Waals surface area contributed by atoms with Crippen molar-refractivity contribution in [3.63, 3.8) is 0 Å². The summed E-state index contributed by atoms with van der Waals surface area (Å²) in [5.41, 5.74) is 4.58. The number of hydrogen-bond acceptors (Lipinski definition) is 10. The van der Waals surface area contributed by atoms with Gasteiger partial charge in [0.1, 0.15) is 53.7 Å². The molecule has 0 saturated heterocycles. The summed E-state index contributed by atoms with van der Waals surface area (Å²) >= 11 is 0. The molecule has 26 heteroatoms. The van der Waals surface area contributed by atoms with Gasteiger partial charge in [0.15, 0.2) is 47.8 Å². The van der Waals surface area contributed by atoms with E-state index in [0.717, 1.165) is 11.1 Å². The molecule has 0 amide bonds. The Bertz CT molecular complexity index is 2370. The Hall–Kier alpha value is -6.16. The first-order valence-electron chi connectivity index (χ1n) is 23.0. The summed E-state index contributed by atoms with van der Waals surface area (Å²) < 4.78 is 182. The van der Waals surface area contributed by atoms with Crippen LogP contribution < -0.4 is 37.6 Å². The number of fused-ring (bicyclic) bond motifs is 4. The number of aromatic nitrogens is 2. The van der Waals surface area contributed by atoms with Gasteiger partial charge in [-0.15, -0.1) is 0 Å². The zero-order valence-electron chi connectivity index (χ0n) is 41.2. The molecule has 0 saturated carbocycles. The van der Waals surface area contributed by atoms with Gasteiger partial charge in [0.2, 0.25) is 11.5 Å². The number of halogens is 12. The maximum Gasteiger partial charge on any atom is 0.203 e. The molecule has 422 valence electrons. The molecule has 0 atom stereocenters. The van der Waals surface area contributed by atoms with Crippen molar-refractivity contribution in [1.29, 1.82) is 0 Å². The minimum absolute atomic E-state index is 0.335. The van der Waals surface area contributed by atoms with Crippen LogP contribution in [-0.2, 0) is 46.3 Å². The minimum atomic E-state index is -10.7. The molecule has 1 aliphatic heterocycles. The van der Waals surface area contributed by atoms with E-state index in [1.807, 2.05) is 120 Å². The Morgan fingerprint density at radius 2 is 0.579 bits per heavy atom. The van der Waals surface area contributed by atoms with E-state index in [1.165, 1.54) is 11.1 Å². The van der Waals surface area contributed by atoms with Gasteiger partial charge in [0.05, 0.1) is 52.9 Å². The van der Waals surface area contributed by atoms with E-state index in [0.29, 0.717) is 127 Å². The summed E-state index contributed by atoms with van der Waals surface area (Å²) in [7, 11) is -17.3. The zero-order chi connectivity index (χ0) is 55.7. The molecular weight excluding hydrogens is 1080 g/mol. The Morgan fingerprint density at radius 3 is 0.829 bits per heavy atom. The quantitative estimate of drug-likeness (QED) is 0.0873. The van der Waals surface area contributed by atoms with Gasteiger partial charge in [0.25, 0.3) is 0 Å². The molecule has 1 aliphatic rings. The number of ether oxygens (including phenoxy) is 10. The van der Waals surface area contributed by atoms with Crippen molar-refractivity contribution in [3.8, 4) is 45.6 Å². The first kappa shape index (κ1) is 62.4. The van der Waals surface area contributed by atoms with E-state index in [4.69, 9.17) is 47.4 Å². The van der Waals surface area contributed by atoms with Crippen molar-refractivity contribution in [2.75, 3.05) is 79.3 Å². The van der Waals surface area contributed by atoms with Crippen LogP contribution in [0.5, 0.6) is 34.5 Å². The molecule has 0 aliphatic carbocycles. The standard InChI is InChI=1S/C38H44O10.C12H14N2.2F6P/c1-3-9-31(10-4-1)29-47-37-33-13-7-14-34(37)44-26-22-40-18-20-42-24-28-46-36-16-8-15-35(38(36)48-30-32-11-5-2-6-12-32)45-27-23-41-19-17-39-21-25-43-33;1-13-7-3-11(4-8-13)12-5-9-14(2)10-6-12;2*1-7(2,3,4,5)6/h1-16H,17-30H2;3-10H,1-2H3;;/q;+2;2*-1. The summed E-state index contributed by atoms with van der Waals surface area (Å²) in [5.74, 6) is 3.38. The molecule has 12 nitrogen and oxygen atoms in total. The molecule has 4 aromatic carbocycles. The second-order valence-electron chi connectivity index (χ2n) is 16.0. The van der Waals surface area contributed by atoms with Gasteiger partial charge in [-0.1, -0.05) is 72.8 Å². The Labute approximate surface area is 431 Å². The predicted molar refractivity (Wildman–Crippen MR) is 261 cm³/mol. The SMILES string of the molecule is C[n+]1ccc(-c2cc[n+](C)cc2)cc1.F[P-](F)(F)(F)(F)F.F[P-](F)(F)(F)(F)F.c1ccc(COc2c3cccc2OCCOCCOCCOc2cccc(c2OCc2ccccc2)OCCOCCOCCO3)cc1. The van der Waals surface area contributed by atoms with Crippen LogP contribution in [0, 0.1) is 0 Å². The van der Waals surface area contributed by atoms with Gasteiger partial charge >= 0.3 is 66.0 Å². The van der Waals surface area contributed by atoms with Gasteiger partial charge < -0.3 is 47.4 Å². The van der Waals surface area contributed by atoms with Gasteiger partial charge in [0, 0.05) is 24.3 Å². The number of rotatable bonds is 7. The third-order valence-corrected chi connectivity index (χ3v) is 9.31. The normalized spacial score (nSPS) is 16.1. The monoisotopic (exact) mass is 1140 g/mol. The molecule has 0 N–H and O–H groups in total. The average molecular weight is 1140 g/mol. The molecule has 0 spiro atoms. The molecule has 3 heterocycles. The Kier molecular flexibility index (Phi) is 22.4. The third-order valence-electron chi connectivity index (χ3n) is 9.31. The van der Waals surface area contributed by atoms with E-state index in [9.17, 15) is 50.4 Å². The van der Waals surface area contributed by atoms with Crippen LogP contribution in [0.15, 0.2) is 146 Å². The number of aryl methyl sites for hydroxylation is 2. The van der Waals surface area contributed by atoms with Gasteiger partial charge in [-0.3, -0.25) is 0 Å². The number of pyridine rings is 2. The fraction of sp³-hybridized carbons (Fsp3) is 0.320. The molecule has 0 unspecified atom stereocenters. The van der Waals surface area contributed by atoms with Crippen LogP contribution in [0.3, 0.4) is 0 Å². The topological polar surface area (TPSA) is 100 Å². The van der Waals surface area contributed by atoms with Crippen molar-refractivity contribution in [2.45, 2.75) is 13.2 Å². The molecular formula is C50H58F12N2O10P2. The van der Waals surface area contributed by atoms with Crippen molar-refractivity contribution < 1.29 is 107 Å². The number of nitrogens with zero attached hydrogens (tertiary/aromatic N) is 2. The molecule has 2 aromatic heterocycles. The van der Waals surface area contributed by atoms with E-state index in [2.05, 4.69) is 49.1 Å². The Morgan fingerprint density at radius 1 is 0.342 bits per heavy atom. The molecule has 6 aromatic rings. The molecule has 0 fully saturated rings. The van der Waals surface area contributed by atoms with E-state index in [1.54, 1.807) is 0 Å². The van der Waals surface area contributed by atoms with Gasteiger partial charge in [-0.2, -0.15) is 0 Å². The molecule has 76 heavy (non-hydrogen) atoms. The Balaban J connectivity index is 0.000000359. The summed E-state index contributed by atoms with van der Waals surface area (Å²) in [4.78, 5) is 0. The second kappa shape index (κ2) is 27.2. The van der Waals surface area contributed by atoms with E-state index >= 15 is 0 Å². The summed E-state index contributed by atoms with van der Waals surface area (Å²) in [5, 5.41) is 0. The van der Waals surface area contributed by atoms with Crippen molar-refractivity contribution in [3.05, 3.63) is 157 Å². The van der Waals surface area contributed by atoms with Crippen LogP contribution in [0.1, 0.15) is 11.1 Å². The number of para-hydroxylation sites is 2. The van der Waals surface area contributed by atoms with Gasteiger partial charge in [-0.05, 0) is 46.5 Å². The summed E-state index contributed by atoms with van der Waals surface area (Å²) in [6, 6.07) is 39.6. The van der Waals surface area contributed by atoms with Crippen molar-refractivity contribution in [1.82, 2.24) is 0 Å². The van der Waals surface area contributed by atoms with E-state index in [-0.39, 0.29) is 0 Å². The zero-order valence-corrected chi connectivity index (χ0v) is 43.0. The van der Waals surface area contributed by atoms with E-state index < -0.39 is 15.6 Å². The van der Waals surface area contributed by atoms with Crippen molar-refractivity contribution in [2.24, 2.45) is 14.1 Å². The number of benzene rings is 4. The average Bonchev–Trinajstić information content (AvgIpc) is 3.33. The van der Waals surface area contributed by atoms with Crippen molar-refractivity contribution >= 4 is 15.6 Å². The van der Waals surface area contributed by atoms with Gasteiger partial charge in [-0.25, -0.2) is 9.13 Å². The predicted octanol–water partition coefficient (Wildman–Crippen LogP) is 13.9. The second-order valence-corrected chi connectivity index (χ2v) is 19.8. The first-order valence-corrected chi connectivity index (χ1v) is 27.0. The molecule has 0 radical (unpaired) electrons. The van der Waals surface area contributed by atoms with Crippen LogP contribution in [0.25, 0.3) is 11.1 Å². The fourth-order valence-electron chi connectivity index (χ4n) is 6.06. The minimum Gasteiger partial charge on any atom is -0.487 e. The maximum absolute atomic E-state index is 10.7. The fourth-order valence-corrected chi connectivity index (χ4v) is 6.06. The summed E-state index contributed by atoms with van der Waals surface area (Å²) in [6.07, 6.45) is 8.23. The largest absolute Gasteiger partial charge is 0.487 e. The number of hydrogen-bond donors (Lipinski definition) is 0. The summed E-state index contributed by atoms with van der Waals surface area (Å²) in [6.45, 7) is 5.29. The molecule has 4 bridgehead atoms. The van der Waals surface area contributed by atoms with Crippen LogP contribution in [-0.4, -0.2) is 79.3 Å². The smallest absolute Gasteiger partial charge is 0.203 e.